The van der Waals surface area contributed by atoms with Gasteiger partial charge in [0.25, 0.3) is 0 Å². The molecule has 24 nitrogen and oxygen atoms in total. The maximum Gasteiger partial charge on any atom is 0.314 e. The number of rotatable bonds is 33. The van der Waals surface area contributed by atoms with E-state index in [1.54, 1.807) is 36.4 Å². The molecule has 8 rings (SSSR count). The van der Waals surface area contributed by atoms with E-state index in [-0.39, 0.29) is 125 Å². The zero-order valence-corrected chi connectivity index (χ0v) is 52.3. The maximum atomic E-state index is 13.1. The van der Waals surface area contributed by atoms with Gasteiger partial charge in [0.1, 0.15) is 23.7 Å². The molecule has 4 amide bonds. The smallest absolute Gasteiger partial charge is 0.314 e. The number of hydrogen-bond acceptors (Lipinski definition) is 18. The Morgan fingerprint density at radius 1 is 0.534 bits per heavy atom. The molecule has 28 heteroatoms. The lowest BCUT2D eigenvalue weighted by Gasteiger charge is -2.38. The highest BCUT2D eigenvalue weighted by atomic mass is 35.5. The topological polar surface area (TPSA) is 336 Å². The summed E-state index contributed by atoms with van der Waals surface area (Å²) in [5.41, 5.74) is 17.2. The molecular weight excluding hydrogens is 1220 g/mol. The van der Waals surface area contributed by atoms with Gasteiger partial charge >= 0.3 is 12.1 Å². The van der Waals surface area contributed by atoms with E-state index in [1.165, 1.54) is 24.3 Å². The number of amides is 4. The van der Waals surface area contributed by atoms with Gasteiger partial charge in [-0.05, 0) is 160 Å². The third-order valence-corrected chi connectivity index (χ3v) is 19.0. The van der Waals surface area contributed by atoms with Crippen molar-refractivity contribution in [1.82, 2.24) is 40.5 Å². The zero-order chi connectivity index (χ0) is 62.5. The highest BCUT2D eigenvalue weighted by molar-refractivity contribution is 7.89. The van der Waals surface area contributed by atoms with Gasteiger partial charge in [0, 0.05) is 74.5 Å². The minimum Gasteiger partial charge on any atom is -0.484 e. The van der Waals surface area contributed by atoms with Crippen molar-refractivity contribution in [3.05, 3.63) is 116 Å². The Morgan fingerprint density at radius 3 is 1.26 bits per heavy atom. The SMILES string of the molecule is N#Cc1cc(Cl)cc2c1C[C@H](N1CCC[C@@H](N)C1)[C@H]2Oc1ccc(S(=O)(=O)NCCOCCOCCNC(=O)NCCCCNC(=O)NCCOCCOCCNS(=O)(=O)c2ccc(O[C@H]3c4cc(Cl)cc(C#N)c4C[C@@H]3N3CCC[C@@H](N)C3)cc2)cc1. The number of likely N-dealkylation sites (tertiary alicyclic amines) is 2. The molecule has 2 saturated heterocycles. The van der Waals surface area contributed by atoms with Crippen molar-refractivity contribution in [2.45, 2.75) is 97.5 Å². The van der Waals surface area contributed by atoms with Crippen LogP contribution >= 0.6 is 23.2 Å². The molecule has 10 N–H and O–H groups in total. The number of fused-ring (bicyclic) bond motifs is 2. The number of sulfonamides is 2. The standard InChI is InChI=1S/C60H80Cl2N12O12S2/c61-43-31-41(37-63)51-35-55(73-21-3-5-45(65)39-73)57(53(51)33-43)85-47-7-11-49(12-8-47)87(77,78)71-19-25-83-29-27-81-23-17-69-59(75)67-15-1-2-16-68-60(76)70-18-24-82-28-30-84-26-20-72-88(79,80)50-13-9-48(10-14-50)86-58-54-34-44(62)32-42(38-64)52(54)36-56(58)74-22-4-6-46(66)40-74/h7-14,31-34,45-46,55-58,71-72H,1-6,15-30,35-36,39-40,65-66H2,(H2,67,69,75)(H2,68,70,76)/t45-,46-,55+,56+,57+,58+/m1/s1. The predicted molar refractivity (Wildman–Crippen MR) is 330 cm³/mol. The van der Waals surface area contributed by atoms with Crippen LogP contribution in [-0.4, -0.2) is 181 Å². The van der Waals surface area contributed by atoms with E-state index in [0.717, 1.165) is 61.0 Å². The van der Waals surface area contributed by atoms with E-state index in [1.807, 2.05) is 12.1 Å². The van der Waals surface area contributed by atoms with Gasteiger partial charge in [-0.25, -0.2) is 35.9 Å². The van der Waals surface area contributed by atoms with Crippen molar-refractivity contribution in [3.8, 4) is 23.6 Å². The fourth-order valence-electron chi connectivity index (χ4n) is 11.4. The molecular formula is C60H80Cl2N12O12S2. The monoisotopic (exact) mass is 1290 g/mol. The number of nitrogens with zero attached hydrogens (tertiary/aromatic N) is 4. The predicted octanol–water partition coefficient (Wildman–Crippen LogP) is 4.37. The molecule has 4 aliphatic rings. The summed E-state index contributed by atoms with van der Waals surface area (Å²) >= 11 is 12.8. The van der Waals surface area contributed by atoms with E-state index in [0.29, 0.717) is 84.5 Å². The van der Waals surface area contributed by atoms with Gasteiger partial charge in [-0.3, -0.25) is 9.80 Å². The fourth-order valence-corrected chi connectivity index (χ4v) is 13.9. The summed E-state index contributed by atoms with van der Waals surface area (Å²) < 4.78 is 92.5. The Kier molecular flexibility index (Phi) is 26.1. The lowest BCUT2D eigenvalue weighted by molar-refractivity contribution is 0.0516. The molecule has 0 radical (unpaired) electrons. The Balaban J connectivity index is 0.586. The molecule has 4 aromatic rings. The fraction of sp³-hybridized carbons (Fsp3) is 0.533. The molecule has 0 spiro atoms. The number of carbonyl (C=O) groups is 2. The second-order valence-electron chi connectivity index (χ2n) is 21.9. The number of nitrogens with two attached hydrogens (primary N) is 2. The number of urea groups is 2. The minimum absolute atomic E-state index is 0.0411. The van der Waals surface area contributed by atoms with Gasteiger partial charge in [-0.15, -0.1) is 0 Å². The summed E-state index contributed by atoms with van der Waals surface area (Å²) in [6.07, 6.45) is 5.48. The highest BCUT2D eigenvalue weighted by Gasteiger charge is 2.43. The molecule has 2 aliphatic heterocycles. The maximum absolute atomic E-state index is 13.1. The molecule has 2 aliphatic carbocycles. The molecule has 0 unspecified atom stereocenters. The Hall–Kier alpha value is -5.92. The summed E-state index contributed by atoms with van der Waals surface area (Å²) in [5.74, 6) is 0.962. The first kappa shape index (κ1) is 68.0. The lowest BCUT2D eigenvalue weighted by atomic mass is 10.0. The lowest BCUT2D eigenvalue weighted by Crippen LogP contribution is -2.49. The van der Waals surface area contributed by atoms with Crippen LogP contribution in [0.15, 0.2) is 82.6 Å². The molecule has 0 bridgehead atoms. The molecule has 88 heavy (non-hydrogen) atoms. The molecule has 0 saturated carbocycles. The number of nitrogens with one attached hydrogen (secondary N) is 6. The van der Waals surface area contributed by atoms with Gasteiger partial charge in [-0.2, -0.15) is 10.5 Å². The van der Waals surface area contributed by atoms with Crippen LogP contribution in [0, 0.1) is 22.7 Å². The number of nitriles is 2. The zero-order valence-electron chi connectivity index (χ0n) is 49.2. The average molecular weight is 1300 g/mol. The molecule has 478 valence electrons. The summed E-state index contributed by atoms with van der Waals surface area (Å²) in [5, 5.41) is 31.5. The van der Waals surface area contributed by atoms with E-state index in [9.17, 15) is 36.9 Å². The van der Waals surface area contributed by atoms with Crippen molar-refractivity contribution in [2.24, 2.45) is 11.5 Å². The van der Waals surface area contributed by atoms with Gasteiger partial charge in [-0.1, -0.05) is 23.2 Å². The first-order valence-electron chi connectivity index (χ1n) is 29.8. The highest BCUT2D eigenvalue weighted by Crippen LogP contribution is 2.43. The summed E-state index contributed by atoms with van der Waals surface area (Å²) in [4.78, 5) is 29.1. The van der Waals surface area contributed by atoms with E-state index >= 15 is 0 Å². The van der Waals surface area contributed by atoms with Crippen LogP contribution in [0.4, 0.5) is 9.59 Å². The molecule has 2 fully saturated rings. The van der Waals surface area contributed by atoms with Crippen molar-refractivity contribution >= 4 is 55.3 Å². The van der Waals surface area contributed by atoms with E-state index < -0.39 is 32.3 Å². The van der Waals surface area contributed by atoms with Crippen LogP contribution in [0.25, 0.3) is 0 Å². The Labute approximate surface area is 525 Å². The van der Waals surface area contributed by atoms with Crippen molar-refractivity contribution in [2.75, 3.05) is 118 Å². The van der Waals surface area contributed by atoms with E-state index in [2.05, 4.69) is 52.6 Å². The largest absolute Gasteiger partial charge is 0.484 e. The number of unbranched alkanes of at least 4 members (excludes halogenated alkanes) is 1. The van der Waals surface area contributed by atoms with Gasteiger partial charge in [0.15, 0.2) is 0 Å². The minimum atomic E-state index is -3.84. The number of hydrogen-bond donors (Lipinski definition) is 8. The average Bonchev–Trinajstić information content (AvgIpc) is 2.32. The number of halogens is 2. The summed E-state index contributed by atoms with van der Waals surface area (Å²) in [7, 11) is -7.68. The number of piperidine rings is 2. The first-order valence-corrected chi connectivity index (χ1v) is 33.5. The third-order valence-electron chi connectivity index (χ3n) is 15.6. The van der Waals surface area contributed by atoms with Gasteiger partial charge in [0.2, 0.25) is 20.0 Å². The quantitative estimate of drug-likeness (QED) is 0.0307. The van der Waals surface area contributed by atoms with Crippen LogP contribution in [0.5, 0.6) is 11.5 Å². The summed E-state index contributed by atoms with van der Waals surface area (Å²) in [6, 6.07) is 23.3. The molecule has 2 heterocycles. The van der Waals surface area contributed by atoms with E-state index in [4.69, 9.17) is 63.1 Å². The van der Waals surface area contributed by atoms with Crippen LogP contribution in [0.1, 0.15) is 84.1 Å². The molecule has 6 atom stereocenters. The second-order valence-corrected chi connectivity index (χ2v) is 26.3. The Bertz CT molecular complexity index is 3060. The van der Waals surface area contributed by atoms with Crippen LogP contribution in [0.2, 0.25) is 10.0 Å². The van der Waals surface area contributed by atoms with Crippen molar-refractivity contribution in [1.29, 1.82) is 10.5 Å². The normalized spacial score (nSPS) is 20.3. The van der Waals surface area contributed by atoms with Crippen molar-refractivity contribution in [3.63, 3.8) is 0 Å². The summed E-state index contributed by atoms with van der Waals surface area (Å²) in [6.45, 7) is 6.24. The second kappa shape index (κ2) is 33.8. The number of carbonyl (C=O) groups excluding carboxylic acids is 2. The molecule has 0 aromatic heterocycles. The first-order chi connectivity index (χ1) is 42.5. The van der Waals surface area contributed by atoms with Crippen molar-refractivity contribution < 1.29 is 54.8 Å². The number of benzene rings is 4. The third kappa shape index (κ3) is 19.8. The molecule has 4 aromatic carbocycles. The van der Waals surface area contributed by atoms with Gasteiger partial charge in [0.05, 0.1) is 98.0 Å². The Morgan fingerprint density at radius 2 is 0.898 bits per heavy atom. The van der Waals surface area contributed by atoms with Gasteiger partial charge < -0.3 is 61.2 Å². The van der Waals surface area contributed by atoms with Crippen LogP contribution in [0.3, 0.4) is 0 Å². The van der Waals surface area contributed by atoms with Crippen LogP contribution in [-0.2, 0) is 51.8 Å². The number of ether oxygens (including phenoxy) is 6. The van der Waals surface area contributed by atoms with Crippen LogP contribution < -0.4 is 51.7 Å².